The average Bonchev–Trinajstić information content (AvgIpc) is 3.50. The maximum absolute atomic E-state index is 13.3. The summed E-state index contributed by atoms with van der Waals surface area (Å²) in [4.78, 5) is 76.3. The predicted molar refractivity (Wildman–Crippen MR) is 236 cm³/mol. The van der Waals surface area contributed by atoms with Crippen molar-refractivity contribution in [2.45, 2.75) is 83.4 Å². The smallest absolute Gasteiger partial charge is 0.262 e. The summed E-state index contributed by atoms with van der Waals surface area (Å²) in [5.41, 5.74) is 5.24. The van der Waals surface area contributed by atoms with Crippen LogP contribution in [0.2, 0.25) is 0 Å². The van der Waals surface area contributed by atoms with Gasteiger partial charge in [0.15, 0.2) is 0 Å². The van der Waals surface area contributed by atoms with E-state index in [-0.39, 0.29) is 41.0 Å². The summed E-state index contributed by atoms with van der Waals surface area (Å²) in [5.74, 6) is 0.887. The fraction of sp³-hybridized carbons (Fsp3) is 0.500. The van der Waals surface area contributed by atoms with E-state index >= 15 is 0 Å². The van der Waals surface area contributed by atoms with Crippen LogP contribution in [0.3, 0.4) is 0 Å². The van der Waals surface area contributed by atoms with Crippen molar-refractivity contribution >= 4 is 40.2 Å². The van der Waals surface area contributed by atoms with Gasteiger partial charge in [-0.2, -0.15) is 0 Å². The van der Waals surface area contributed by atoms with Crippen molar-refractivity contribution in [2.75, 3.05) is 58.8 Å². The fourth-order valence-corrected chi connectivity index (χ4v) is 10.6. The molecule has 1 unspecified atom stereocenters. The minimum absolute atomic E-state index is 0.0627. The Morgan fingerprint density at radius 1 is 0.871 bits per heavy atom. The summed E-state index contributed by atoms with van der Waals surface area (Å²) < 4.78 is 14.1. The third-order valence-corrected chi connectivity index (χ3v) is 14.3. The van der Waals surface area contributed by atoms with Gasteiger partial charge in [-0.15, -0.1) is 0 Å². The lowest BCUT2D eigenvalue weighted by atomic mass is 9.61. The number of nitrogens with zero attached hydrogens (tertiary/aromatic N) is 6. The zero-order valence-corrected chi connectivity index (χ0v) is 36.5. The first-order chi connectivity index (χ1) is 29.8. The van der Waals surface area contributed by atoms with Crippen molar-refractivity contribution in [1.29, 1.82) is 0 Å². The molecule has 1 saturated carbocycles. The van der Waals surface area contributed by atoms with E-state index in [1.807, 2.05) is 31.3 Å². The van der Waals surface area contributed by atoms with Gasteiger partial charge in [0.05, 0.1) is 29.7 Å². The lowest BCUT2D eigenvalue weighted by molar-refractivity contribution is -0.136. The van der Waals surface area contributed by atoms with Crippen LogP contribution in [0.5, 0.6) is 11.5 Å². The molecule has 6 heterocycles. The number of amides is 4. The van der Waals surface area contributed by atoms with Crippen LogP contribution < -0.4 is 25.2 Å². The highest BCUT2D eigenvalue weighted by atomic mass is 16.5. The zero-order chi connectivity index (χ0) is 43.4. The molecule has 326 valence electrons. The number of hydrogen-bond donors (Lipinski definition) is 1. The van der Waals surface area contributed by atoms with Crippen LogP contribution in [0.15, 0.2) is 53.6 Å². The Labute approximate surface area is 362 Å². The number of rotatable bonds is 11. The van der Waals surface area contributed by atoms with Crippen LogP contribution in [0, 0.1) is 11.3 Å². The molecule has 1 aliphatic carbocycles. The molecule has 4 fully saturated rings. The second-order valence-corrected chi connectivity index (χ2v) is 18.4. The molecule has 9 rings (SSSR count). The third kappa shape index (κ3) is 7.76. The van der Waals surface area contributed by atoms with E-state index in [4.69, 9.17) is 9.47 Å². The summed E-state index contributed by atoms with van der Waals surface area (Å²) in [7, 11) is 7.46. The topological polar surface area (TPSA) is 147 Å². The van der Waals surface area contributed by atoms with Crippen molar-refractivity contribution in [2.24, 2.45) is 18.4 Å². The lowest BCUT2D eigenvalue weighted by Gasteiger charge is -2.52. The molecule has 2 aromatic heterocycles. The number of aromatic nitrogens is 2. The number of nitrogens with one attached hydrogen (secondary N) is 1. The van der Waals surface area contributed by atoms with Gasteiger partial charge >= 0.3 is 0 Å². The van der Waals surface area contributed by atoms with Gasteiger partial charge < -0.3 is 23.8 Å². The standard InChI is InChI=1S/C48H57N7O7/c1-6-30-19-31(38-27-52(4)45(58)37-25-49-42(51(2)3)22-35(37)38)20-41(61-5)39(30)28-53-15-11-29(12-16-53)26-54-17-13-48(14-18-54)23-33(24-48)62-32-7-8-34-36(21-32)47(60)55(46(34)59)40-9-10-43(56)50-44(40)57/h7-8,19-22,25,27,29,33,40H,6,9-18,23-24,26,28H2,1-5H3,(H,50,56,57). The van der Waals surface area contributed by atoms with E-state index in [0.717, 1.165) is 104 Å². The number of anilines is 1. The quantitative estimate of drug-likeness (QED) is 0.200. The Morgan fingerprint density at radius 2 is 1.61 bits per heavy atom. The largest absolute Gasteiger partial charge is 0.496 e. The minimum atomic E-state index is -0.983. The van der Waals surface area contributed by atoms with Gasteiger partial charge in [-0.05, 0) is 130 Å². The van der Waals surface area contributed by atoms with Crippen LogP contribution in [0.1, 0.15) is 90.1 Å². The number of hydrogen-bond acceptors (Lipinski definition) is 11. The number of carbonyl (C=O) groups is 4. The van der Waals surface area contributed by atoms with Crippen molar-refractivity contribution < 1.29 is 28.7 Å². The summed E-state index contributed by atoms with van der Waals surface area (Å²) in [5, 5.41) is 3.73. The van der Waals surface area contributed by atoms with E-state index in [1.165, 1.54) is 24.0 Å². The van der Waals surface area contributed by atoms with Crippen LogP contribution in [0.4, 0.5) is 5.82 Å². The van der Waals surface area contributed by atoms with Gasteiger partial charge in [-0.3, -0.25) is 39.1 Å². The van der Waals surface area contributed by atoms with Crippen LogP contribution in [-0.4, -0.2) is 114 Å². The summed E-state index contributed by atoms with van der Waals surface area (Å²) in [6.45, 7) is 8.48. The van der Waals surface area contributed by atoms with Crippen LogP contribution >= 0.6 is 0 Å². The van der Waals surface area contributed by atoms with Gasteiger partial charge in [0.25, 0.3) is 17.4 Å². The number of fused-ring (bicyclic) bond motifs is 2. The minimum Gasteiger partial charge on any atom is -0.496 e. The molecule has 3 saturated heterocycles. The molecule has 2 aromatic carbocycles. The number of ether oxygens (including phenoxy) is 2. The molecule has 1 N–H and O–H groups in total. The van der Waals surface area contributed by atoms with E-state index < -0.39 is 29.7 Å². The van der Waals surface area contributed by atoms with Crippen LogP contribution in [0.25, 0.3) is 21.9 Å². The maximum atomic E-state index is 13.3. The molecule has 0 radical (unpaired) electrons. The molecule has 14 nitrogen and oxygen atoms in total. The van der Waals surface area contributed by atoms with Crippen LogP contribution in [-0.2, 0) is 29.6 Å². The molecule has 62 heavy (non-hydrogen) atoms. The molecule has 14 heteroatoms. The normalized spacial score (nSPS) is 21.0. The highest BCUT2D eigenvalue weighted by Crippen LogP contribution is 2.51. The number of pyridine rings is 2. The number of benzene rings is 2. The SMILES string of the molecule is CCc1cc(-c2cn(C)c(=O)c3cnc(N(C)C)cc23)cc(OC)c1CN1CCC(CN2CCC3(CC2)CC(Oc2ccc4c(c2)C(=O)N(C2CCC(=O)NC2=O)C4=O)C3)CC1. The van der Waals surface area contributed by atoms with E-state index in [2.05, 4.69) is 39.2 Å². The number of methoxy groups -OCH3 is 1. The first kappa shape index (κ1) is 41.7. The Bertz CT molecular complexity index is 2480. The molecule has 5 aliphatic rings. The van der Waals surface area contributed by atoms with E-state index in [9.17, 15) is 24.0 Å². The fourth-order valence-electron chi connectivity index (χ4n) is 10.6. The molecule has 0 bridgehead atoms. The molecule has 4 aliphatic heterocycles. The Balaban J connectivity index is 0.763. The Morgan fingerprint density at radius 3 is 2.31 bits per heavy atom. The third-order valence-electron chi connectivity index (χ3n) is 14.3. The summed E-state index contributed by atoms with van der Waals surface area (Å²) in [6.07, 6.45) is 11.4. The van der Waals surface area contributed by atoms with Gasteiger partial charge in [-0.1, -0.05) is 13.0 Å². The molecular weight excluding hydrogens is 787 g/mol. The predicted octanol–water partition coefficient (Wildman–Crippen LogP) is 5.17. The van der Waals surface area contributed by atoms with Crippen molar-refractivity contribution in [3.8, 4) is 22.6 Å². The number of imide groups is 2. The first-order valence-corrected chi connectivity index (χ1v) is 22.2. The van der Waals surface area contributed by atoms with Crippen molar-refractivity contribution in [3.05, 3.63) is 81.4 Å². The van der Waals surface area contributed by atoms with Gasteiger partial charge in [-0.25, -0.2) is 4.98 Å². The molecule has 4 aromatic rings. The second-order valence-electron chi connectivity index (χ2n) is 18.4. The van der Waals surface area contributed by atoms with Gasteiger partial charge in [0.2, 0.25) is 11.8 Å². The second kappa shape index (κ2) is 16.6. The number of carbonyl (C=O) groups excluding carboxylic acids is 4. The van der Waals surface area contributed by atoms with Gasteiger partial charge in [0.1, 0.15) is 23.4 Å². The highest BCUT2D eigenvalue weighted by molar-refractivity contribution is 6.23. The van der Waals surface area contributed by atoms with Gasteiger partial charge in [0, 0.05) is 69.6 Å². The molecule has 1 spiro atoms. The van der Waals surface area contributed by atoms with E-state index in [1.54, 1.807) is 43.1 Å². The monoisotopic (exact) mass is 843 g/mol. The summed E-state index contributed by atoms with van der Waals surface area (Å²) >= 11 is 0. The highest BCUT2D eigenvalue weighted by Gasteiger charge is 2.48. The first-order valence-electron chi connectivity index (χ1n) is 22.2. The Hall–Kier alpha value is -5.60. The number of likely N-dealkylation sites (tertiary alicyclic amines) is 2. The van der Waals surface area contributed by atoms with Crippen molar-refractivity contribution in [1.82, 2.24) is 29.6 Å². The van der Waals surface area contributed by atoms with Crippen molar-refractivity contribution in [3.63, 3.8) is 0 Å². The van der Waals surface area contributed by atoms with E-state index in [0.29, 0.717) is 17.1 Å². The average molecular weight is 844 g/mol. The number of piperidine rings is 3. The molecular formula is C48H57N7O7. The number of aryl methyl sites for hydroxylation is 2. The Kier molecular flexibility index (Phi) is 11.2. The lowest BCUT2D eigenvalue weighted by Crippen LogP contribution is -2.54. The summed E-state index contributed by atoms with van der Waals surface area (Å²) in [6, 6.07) is 10.4. The maximum Gasteiger partial charge on any atom is 0.262 e. The molecule has 4 amide bonds. The zero-order valence-electron chi connectivity index (χ0n) is 36.5. The molecule has 1 atom stereocenters.